The molecule has 0 atom stereocenters. The van der Waals surface area contributed by atoms with Gasteiger partial charge in [-0.1, -0.05) is 63.4 Å². The van der Waals surface area contributed by atoms with Gasteiger partial charge in [0.2, 0.25) is 0 Å². The Kier molecular flexibility index (Phi) is 5.65. The van der Waals surface area contributed by atoms with E-state index >= 15 is 0 Å². The summed E-state index contributed by atoms with van der Waals surface area (Å²) in [5, 5.41) is 0. The van der Waals surface area contributed by atoms with E-state index in [-0.39, 0.29) is 14.9 Å². The minimum atomic E-state index is -0.318. The van der Waals surface area contributed by atoms with Gasteiger partial charge in [-0.2, -0.15) is 0 Å². The first-order chi connectivity index (χ1) is 7.84. The zero-order chi connectivity index (χ0) is 13.1. The smallest absolute Gasteiger partial charge is 0.162 e. The highest BCUT2D eigenvalue weighted by molar-refractivity contribution is 9.25. The highest BCUT2D eigenvalue weighted by Gasteiger charge is 2.29. The van der Waals surface area contributed by atoms with E-state index in [0.29, 0.717) is 0 Å². The topological polar surface area (TPSA) is 17.1 Å². The molecule has 1 aliphatic carbocycles. The van der Waals surface area contributed by atoms with Gasteiger partial charge < -0.3 is 0 Å². The van der Waals surface area contributed by atoms with Crippen LogP contribution in [0.4, 0.5) is 0 Å². The molecular formula is C14H20Br2O. The molecule has 1 rings (SSSR count). The van der Waals surface area contributed by atoms with E-state index in [2.05, 4.69) is 50.9 Å². The molecule has 0 amide bonds. The van der Waals surface area contributed by atoms with Crippen LogP contribution in [-0.2, 0) is 4.79 Å². The predicted molar refractivity (Wildman–Crippen MR) is 80.7 cm³/mol. The SMILES string of the molecule is CC1=C(/C=C/CC(C)(C)C(=O)C(Br)Br)CCC1. The number of carbonyl (C=O) groups excluding carboxylic acids is 1. The molecular weight excluding hydrogens is 344 g/mol. The minimum Gasteiger partial charge on any atom is -0.297 e. The number of carbonyl (C=O) groups is 1. The number of ketones is 1. The molecule has 0 N–H and O–H groups in total. The monoisotopic (exact) mass is 362 g/mol. The van der Waals surface area contributed by atoms with Crippen LogP contribution >= 0.6 is 31.9 Å². The van der Waals surface area contributed by atoms with Crippen molar-refractivity contribution < 1.29 is 4.79 Å². The lowest BCUT2D eigenvalue weighted by atomic mass is 9.85. The Labute approximate surface area is 121 Å². The Balaban J connectivity index is 2.58. The van der Waals surface area contributed by atoms with Gasteiger partial charge in [0, 0.05) is 5.41 Å². The molecule has 0 unspecified atom stereocenters. The Morgan fingerprint density at radius 2 is 2.06 bits per heavy atom. The molecule has 0 heterocycles. The molecule has 0 aromatic heterocycles. The first-order valence-corrected chi connectivity index (χ1v) is 7.85. The molecule has 0 fully saturated rings. The van der Waals surface area contributed by atoms with Gasteiger partial charge >= 0.3 is 0 Å². The van der Waals surface area contributed by atoms with E-state index in [1.165, 1.54) is 30.4 Å². The third kappa shape index (κ3) is 4.36. The molecule has 0 aliphatic heterocycles. The lowest BCUT2D eigenvalue weighted by Gasteiger charge is -2.22. The Morgan fingerprint density at radius 3 is 2.53 bits per heavy atom. The van der Waals surface area contributed by atoms with Crippen LogP contribution in [0.15, 0.2) is 23.3 Å². The van der Waals surface area contributed by atoms with Gasteiger partial charge in [0.05, 0.1) is 0 Å². The highest BCUT2D eigenvalue weighted by atomic mass is 79.9. The summed E-state index contributed by atoms with van der Waals surface area (Å²) < 4.78 is -0.245. The van der Waals surface area contributed by atoms with Crippen molar-refractivity contribution in [3.05, 3.63) is 23.3 Å². The fourth-order valence-electron chi connectivity index (χ4n) is 2.04. The molecule has 0 radical (unpaired) electrons. The second kappa shape index (κ2) is 6.33. The van der Waals surface area contributed by atoms with E-state index in [0.717, 1.165) is 6.42 Å². The number of hydrogen-bond donors (Lipinski definition) is 0. The third-order valence-electron chi connectivity index (χ3n) is 3.36. The summed E-state index contributed by atoms with van der Waals surface area (Å²) in [5.41, 5.74) is 2.65. The maximum Gasteiger partial charge on any atom is 0.162 e. The molecule has 0 saturated carbocycles. The molecule has 0 aromatic rings. The second-order valence-electron chi connectivity index (χ2n) is 5.31. The average molecular weight is 364 g/mol. The molecule has 17 heavy (non-hydrogen) atoms. The average Bonchev–Trinajstić information content (AvgIpc) is 2.63. The van der Waals surface area contributed by atoms with Gasteiger partial charge in [-0.05, 0) is 38.2 Å². The summed E-state index contributed by atoms with van der Waals surface area (Å²) >= 11 is 6.55. The lowest BCUT2D eigenvalue weighted by Crippen LogP contribution is -2.28. The van der Waals surface area contributed by atoms with Crippen molar-refractivity contribution in [3.63, 3.8) is 0 Å². The number of alkyl halides is 2. The minimum absolute atomic E-state index is 0.194. The standard InChI is InChI=1S/C14H20Br2O/c1-10-6-4-7-11(10)8-5-9-14(2,3)12(17)13(15)16/h5,8,13H,4,6-7,9H2,1-3H3/b8-5+. The van der Waals surface area contributed by atoms with Crippen LogP contribution in [0.3, 0.4) is 0 Å². The molecule has 0 saturated heterocycles. The van der Waals surface area contributed by atoms with Gasteiger partial charge in [0.1, 0.15) is 3.74 Å². The first kappa shape index (κ1) is 15.2. The fraction of sp³-hybridized carbons (Fsp3) is 0.643. The number of hydrogen-bond acceptors (Lipinski definition) is 1. The van der Waals surface area contributed by atoms with Crippen molar-refractivity contribution in [1.29, 1.82) is 0 Å². The molecule has 96 valence electrons. The number of halogens is 2. The van der Waals surface area contributed by atoms with Crippen molar-refractivity contribution in [3.8, 4) is 0 Å². The Bertz CT molecular complexity index is 351. The maximum absolute atomic E-state index is 11.9. The van der Waals surface area contributed by atoms with E-state index in [9.17, 15) is 4.79 Å². The summed E-state index contributed by atoms with van der Waals surface area (Å²) in [4.78, 5) is 11.9. The predicted octanol–water partition coefficient (Wildman–Crippen LogP) is 5.14. The van der Waals surface area contributed by atoms with Crippen molar-refractivity contribution in [2.45, 2.75) is 50.2 Å². The van der Waals surface area contributed by atoms with Gasteiger partial charge in [-0.3, -0.25) is 4.79 Å². The zero-order valence-electron chi connectivity index (χ0n) is 10.7. The molecule has 1 nitrogen and oxygen atoms in total. The third-order valence-corrected chi connectivity index (χ3v) is 4.19. The van der Waals surface area contributed by atoms with Crippen LogP contribution in [0.2, 0.25) is 0 Å². The van der Waals surface area contributed by atoms with E-state index < -0.39 is 0 Å². The van der Waals surface area contributed by atoms with Crippen molar-refractivity contribution >= 4 is 37.6 Å². The molecule has 0 aromatic carbocycles. The van der Waals surface area contributed by atoms with Gasteiger partial charge in [-0.15, -0.1) is 0 Å². The summed E-state index contributed by atoms with van der Waals surface area (Å²) in [5.74, 6) is 0.194. The van der Waals surface area contributed by atoms with Crippen LogP contribution in [-0.4, -0.2) is 9.52 Å². The number of Topliss-reactive ketones (excluding diaryl/α,β-unsaturated/α-hetero) is 1. The van der Waals surface area contributed by atoms with Crippen LogP contribution in [0, 0.1) is 5.41 Å². The first-order valence-electron chi connectivity index (χ1n) is 6.02. The lowest BCUT2D eigenvalue weighted by molar-refractivity contribution is -0.124. The Morgan fingerprint density at radius 1 is 1.41 bits per heavy atom. The zero-order valence-corrected chi connectivity index (χ0v) is 13.9. The van der Waals surface area contributed by atoms with E-state index in [1.807, 2.05) is 13.8 Å². The number of rotatable bonds is 5. The summed E-state index contributed by atoms with van der Waals surface area (Å²) in [6.45, 7) is 6.19. The van der Waals surface area contributed by atoms with E-state index in [4.69, 9.17) is 0 Å². The van der Waals surface area contributed by atoms with Crippen molar-refractivity contribution in [2.75, 3.05) is 0 Å². The second-order valence-corrected chi connectivity index (χ2v) is 8.37. The van der Waals surface area contributed by atoms with Crippen LogP contribution in [0.25, 0.3) is 0 Å². The fourth-order valence-corrected chi connectivity index (χ4v) is 3.27. The maximum atomic E-state index is 11.9. The quantitative estimate of drug-likeness (QED) is 0.617. The molecule has 0 spiro atoms. The van der Waals surface area contributed by atoms with Crippen LogP contribution in [0.1, 0.15) is 46.5 Å². The number of allylic oxidation sites excluding steroid dienone is 4. The summed E-state index contributed by atoms with van der Waals surface area (Å²) in [6.07, 6.45) is 8.83. The summed E-state index contributed by atoms with van der Waals surface area (Å²) in [7, 11) is 0. The van der Waals surface area contributed by atoms with Crippen molar-refractivity contribution in [1.82, 2.24) is 0 Å². The normalized spacial score (nSPS) is 17.5. The van der Waals surface area contributed by atoms with Crippen LogP contribution < -0.4 is 0 Å². The largest absolute Gasteiger partial charge is 0.297 e. The van der Waals surface area contributed by atoms with Gasteiger partial charge in [0.15, 0.2) is 5.78 Å². The molecule has 1 aliphatic rings. The van der Waals surface area contributed by atoms with Crippen molar-refractivity contribution in [2.24, 2.45) is 5.41 Å². The summed E-state index contributed by atoms with van der Waals surface area (Å²) in [6, 6.07) is 0. The molecule has 3 heteroatoms. The Hall–Kier alpha value is 0.110. The van der Waals surface area contributed by atoms with Gasteiger partial charge in [0.25, 0.3) is 0 Å². The van der Waals surface area contributed by atoms with Gasteiger partial charge in [-0.25, -0.2) is 0 Å². The molecule has 0 bridgehead atoms. The van der Waals surface area contributed by atoms with Crippen LogP contribution in [0.5, 0.6) is 0 Å². The highest BCUT2D eigenvalue weighted by Crippen LogP contribution is 2.30. The van der Waals surface area contributed by atoms with E-state index in [1.54, 1.807) is 0 Å².